The van der Waals surface area contributed by atoms with Crippen molar-refractivity contribution in [1.82, 2.24) is 0 Å². The van der Waals surface area contributed by atoms with Gasteiger partial charge in [-0.2, -0.15) is 0 Å². The predicted molar refractivity (Wildman–Crippen MR) is 39.8 cm³/mol. The molecule has 0 saturated carbocycles. The molecule has 0 aromatic heterocycles. The van der Waals surface area contributed by atoms with Gasteiger partial charge in [0.15, 0.2) is 0 Å². The van der Waals surface area contributed by atoms with E-state index < -0.39 is 17.8 Å². The second-order valence-corrected chi connectivity index (χ2v) is 2.86. The van der Waals surface area contributed by atoms with Gasteiger partial charge in [-0.3, -0.25) is 9.59 Å². The van der Waals surface area contributed by atoms with E-state index in [0.29, 0.717) is 0 Å². The van der Waals surface area contributed by atoms with Crippen LogP contribution in [0.25, 0.3) is 0 Å². The lowest BCUT2D eigenvalue weighted by Gasteiger charge is -2.13. The molecule has 0 aromatic carbocycles. The summed E-state index contributed by atoms with van der Waals surface area (Å²) in [7, 11) is 0. The second-order valence-electron chi connectivity index (χ2n) is 2.86. The molecule has 0 radical (unpaired) electrons. The minimum Gasteiger partial charge on any atom is -0.481 e. The van der Waals surface area contributed by atoms with Crippen LogP contribution in [0.2, 0.25) is 0 Å². The summed E-state index contributed by atoms with van der Waals surface area (Å²) < 4.78 is 0. The Hall–Kier alpha value is -1.06. The van der Waals surface area contributed by atoms with Gasteiger partial charge in [0.05, 0.1) is 5.92 Å². The van der Waals surface area contributed by atoms with E-state index in [9.17, 15) is 9.59 Å². The maximum atomic E-state index is 10.5. The normalized spacial score (nSPS) is 13.0. The summed E-state index contributed by atoms with van der Waals surface area (Å²) >= 11 is 0. The maximum Gasteiger partial charge on any atom is 0.307 e. The first-order chi connectivity index (χ1) is 4.95. The fourth-order valence-corrected chi connectivity index (χ4v) is 0.825. The lowest BCUT2D eigenvalue weighted by Crippen LogP contribution is -2.26. The Labute approximate surface area is 65.4 Å². The highest BCUT2D eigenvalue weighted by Crippen LogP contribution is 2.14. The van der Waals surface area contributed by atoms with Gasteiger partial charge in [-0.1, -0.05) is 13.8 Å². The van der Waals surface area contributed by atoms with Crippen molar-refractivity contribution in [3.05, 3.63) is 0 Å². The molecule has 0 saturated heterocycles. The summed E-state index contributed by atoms with van der Waals surface area (Å²) in [5, 5.41) is 8.58. The smallest absolute Gasteiger partial charge is 0.307 e. The van der Waals surface area contributed by atoms with Gasteiger partial charge in [0.25, 0.3) is 0 Å². The van der Waals surface area contributed by atoms with Crippen molar-refractivity contribution < 1.29 is 14.7 Å². The van der Waals surface area contributed by atoms with Crippen LogP contribution < -0.4 is 5.73 Å². The van der Waals surface area contributed by atoms with Crippen LogP contribution in [0.5, 0.6) is 0 Å². The van der Waals surface area contributed by atoms with Crippen molar-refractivity contribution in [3.8, 4) is 0 Å². The molecule has 3 N–H and O–H groups in total. The summed E-state index contributed by atoms with van der Waals surface area (Å²) in [6.45, 7) is 3.50. The number of carboxylic acid groups (broad SMARTS) is 1. The van der Waals surface area contributed by atoms with Crippen LogP contribution in [0.1, 0.15) is 20.3 Å². The molecular weight excluding hydrogens is 146 g/mol. The molecule has 0 aliphatic rings. The number of nitrogens with two attached hydrogens (primary N) is 1. The molecule has 4 heteroatoms. The Balaban J connectivity index is 4.12. The van der Waals surface area contributed by atoms with Gasteiger partial charge in [-0.25, -0.2) is 0 Å². The molecule has 1 amide bonds. The molecule has 0 bridgehead atoms. The molecule has 4 nitrogen and oxygen atoms in total. The van der Waals surface area contributed by atoms with E-state index in [4.69, 9.17) is 10.8 Å². The number of hydrogen-bond donors (Lipinski definition) is 2. The standard InChI is InChI=1S/C7H13NO3/c1-4(2)5(7(10)11)3-6(8)9/h4-5H,3H2,1-2H3,(H2,8,9)(H,10,11)/t5-/m1/s1. The summed E-state index contributed by atoms with van der Waals surface area (Å²) in [4.78, 5) is 20.8. The third-order valence-electron chi connectivity index (χ3n) is 1.54. The molecule has 0 spiro atoms. The number of carbonyl (C=O) groups excluding carboxylic acids is 1. The molecule has 0 unspecified atom stereocenters. The fourth-order valence-electron chi connectivity index (χ4n) is 0.825. The number of primary amides is 1. The Morgan fingerprint density at radius 3 is 2.00 bits per heavy atom. The molecule has 0 aromatic rings. The quantitative estimate of drug-likeness (QED) is 0.615. The molecular formula is C7H13NO3. The first-order valence-corrected chi connectivity index (χ1v) is 3.46. The highest BCUT2D eigenvalue weighted by Gasteiger charge is 2.22. The first-order valence-electron chi connectivity index (χ1n) is 3.46. The van der Waals surface area contributed by atoms with Crippen LogP contribution in [0.15, 0.2) is 0 Å². The van der Waals surface area contributed by atoms with Gasteiger partial charge in [-0.05, 0) is 5.92 Å². The van der Waals surface area contributed by atoms with Crippen molar-refractivity contribution in [3.63, 3.8) is 0 Å². The summed E-state index contributed by atoms with van der Waals surface area (Å²) in [6.07, 6.45) is -0.0764. The van der Waals surface area contributed by atoms with Gasteiger partial charge in [-0.15, -0.1) is 0 Å². The van der Waals surface area contributed by atoms with Gasteiger partial charge in [0.1, 0.15) is 0 Å². The Kier molecular flexibility index (Phi) is 3.57. The van der Waals surface area contributed by atoms with Gasteiger partial charge in [0, 0.05) is 6.42 Å². The summed E-state index contributed by atoms with van der Waals surface area (Å²) in [5.41, 5.74) is 4.87. The third kappa shape index (κ3) is 3.60. The number of amides is 1. The average molecular weight is 159 g/mol. The lowest BCUT2D eigenvalue weighted by atomic mass is 9.92. The first kappa shape index (κ1) is 9.94. The molecule has 0 heterocycles. The fraction of sp³-hybridized carbons (Fsp3) is 0.714. The van der Waals surface area contributed by atoms with E-state index in [1.54, 1.807) is 13.8 Å². The lowest BCUT2D eigenvalue weighted by molar-refractivity contribution is -0.145. The Bertz CT molecular complexity index is 165. The topological polar surface area (TPSA) is 80.4 Å². The Morgan fingerprint density at radius 1 is 1.45 bits per heavy atom. The number of hydrogen-bond acceptors (Lipinski definition) is 2. The largest absolute Gasteiger partial charge is 0.481 e. The van der Waals surface area contributed by atoms with Crippen molar-refractivity contribution >= 4 is 11.9 Å². The van der Waals surface area contributed by atoms with Crippen LogP contribution in [-0.4, -0.2) is 17.0 Å². The van der Waals surface area contributed by atoms with Gasteiger partial charge >= 0.3 is 5.97 Å². The van der Waals surface area contributed by atoms with Gasteiger partial charge in [0.2, 0.25) is 5.91 Å². The van der Waals surface area contributed by atoms with Crippen molar-refractivity contribution in [1.29, 1.82) is 0 Å². The number of carbonyl (C=O) groups is 2. The molecule has 0 fully saturated rings. The van der Waals surface area contributed by atoms with E-state index in [1.165, 1.54) is 0 Å². The molecule has 0 rings (SSSR count). The zero-order chi connectivity index (χ0) is 9.02. The van der Waals surface area contributed by atoms with Crippen LogP contribution in [-0.2, 0) is 9.59 Å². The monoisotopic (exact) mass is 159 g/mol. The van der Waals surface area contributed by atoms with Crippen molar-refractivity contribution in [2.24, 2.45) is 17.6 Å². The summed E-state index contributed by atoms with van der Waals surface area (Å²) in [5.74, 6) is -2.22. The van der Waals surface area contributed by atoms with E-state index in [2.05, 4.69) is 0 Å². The van der Waals surface area contributed by atoms with Gasteiger partial charge < -0.3 is 10.8 Å². The van der Waals surface area contributed by atoms with Crippen LogP contribution in [0.4, 0.5) is 0 Å². The highest BCUT2D eigenvalue weighted by molar-refractivity contribution is 5.81. The predicted octanol–water partition coefficient (Wildman–Crippen LogP) is 0.219. The SMILES string of the molecule is CC(C)[C@@H](CC(N)=O)C(=O)O. The zero-order valence-electron chi connectivity index (χ0n) is 6.70. The minimum atomic E-state index is -0.959. The molecule has 11 heavy (non-hydrogen) atoms. The average Bonchev–Trinajstić information content (AvgIpc) is 1.81. The maximum absolute atomic E-state index is 10.5. The highest BCUT2D eigenvalue weighted by atomic mass is 16.4. The third-order valence-corrected chi connectivity index (χ3v) is 1.54. The minimum absolute atomic E-state index is 0.0556. The van der Waals surface area contributed by atoms with E-state index >= 15 is 0 Å². The Morgan fingerprint density at radius 2 is 1.91 bits per heavy atom. The number of carboxylic acids is 1. The molecule has 64 valence electrons. The van der Waals surface area contributed by atoms with E-state index in [1.807, 2.05) is 0 Å². The van der Waals surface area contributed by atoms with E-state index in [0.717, 1.165) is 0 Å². The second kappa shape index (κ2) is 3.95. The zero-order valence-corrected chi connectivity index (χ0v) is 6.70. The molecule has 1 atom stereocenters. The number of rotatable bonds is 4. The van der Waals surface area contributed by atoms with Crippen molar-refractivity contribution in [2.45, 2.75) is 20.3 Å². The van der Waals surface area contributed by atoms with Crippen LogP contribution in [0, 0.1) is 11.8 Å². The van der Waals surface area contributed by atoms with Crippen LogP contribution in [0.3, 0.4) is 0 Å². The molecule has 0 aliphatic carbocycles. The van der Waals surface area contributed by atoms with E-state index in [-0.39, 0.29) is 12.3 Å². The summed E-state index contributed by atoms with van der Waals surface area (Å²) in [6, 6.07) is 0. The number of aliphatic carboxylic acids is 1. The van der Waals surface area contributed by atoms with Crippen LogP contribution >= 0.6 is 0 Å². The van der Waals surface area contributed by atoms with Crippen molar-refractivity contribution in [2.75, 3.05) is 0 Å². The molecule has 0 aliphatic heterocycles.